The first-order chi connectivity index (χ1) is 9.47. The maximum atomic E-state index is 10.6. The molecule has 0 bridgehead atoms. The molecular formula is C11H8N4O5. The summed E-state index contributed by atoms with van der Waals surface area (Å²) < 4.78 is 5.29. The lowest BCUT2D eigenvalue weighted by atomic mass is 10.3. The van der Waals surface area contributed by atoms with Crippen LogP contribution in [-0.4, -0.2) is 14.8 Å². The molecule has 9 heteroatoms. The number of hydrogen-bond acceptors (Lipinski definition) is 7. The van der Waals surface area contributed by atoms with E-state index >= 15 is 0 Å². The smallest absolute Gasteiger partial charge is 0.311 e. The van der Waals surface area contributed by atoms with Crippen molar-refractivity contribution in [1.82, 2.24) is 4.98 Å². The third-order valence-electron chi connectivity index (χ3n) is 2.34. The summed E-state index contributed by atoms with van der Waals surface area (Å²) in [5.41, 5.74) is 5.02. The number of benzene rings is 1. The highest BCUT2D eigenvalue weighted by molar-refractivity contribution is 5.53. The number of pyridine rings is 1. The number of nitro benzene ring substituents is 1. The van der Waals surface area contributed by atoms with E-state index in [2.05, 4.69) is 4.98 Å². The van der Waals surface area contributed by atoms with Gasteiger partial charge in [-0.25, -0.2) is 0 Å². The van der Waals surface area contributed by atoms with E-state index in [1.54, 1.807) is 0 Å². The Morgan fingerprint density at radius 2 is 1.65 bits per heavy atom. The summed E-state index contributed by atoms with van der Waals surface area (Å²) in [5.74, 6) is 0.0905. The molecular weight excluding hydrogens is 268 g/mol. The number of nitro groups is 2. The molecule has 0 fully saturated rings. The van der Waals surface area contributed by atoms with Crippen LogP contribution in [0.1, 0.15) is 0 Å². The number of anilines is 1. The Bertz CT molecular complexity index is 671. The highest BCUT2D eigenvalue weighted by Gasteiger charge is 2.14. The van der Waals surface area contributed by atoms with Crippen LogP contribution in [0.2, 0.25) is 0 Å². The lowest BCUT2D eigenvalue weighted by Gasteiger charge is -2.05. The Morgan fingerprint density at radius 1 is 1.00 bits per heavy atom. The van der Waals surface area contributed by atoms with Gasteiger partial charge < -0.3 is 10.5 Å². The summed E-state index contributed by atoms with van der Waals surface area (Å²) in [6, 6.07) is 7.77. The van der Waals surface area contributed by atoms with Crippen LogP contribution >= 0.6 is 0 Å². The summed E-state index contributed by atoms with van der Waals surface area (Å²) in [7, 11) is 0. The van der Waals surface area contributed by atoms with Crippen molar-refractivity contribution in [2.75, 3.05) is 5.73 Å². The number of nitrogen functional groups attached to an aromatic ring is 1. The number of nitrogens with zero attached hydrogens (tertiary/aromatic N) is 3. The van der Waals surface area contributed by atoms with Gasteiger partial charge in [-0.1, -0.05) is 0 Å². The summed E-state index contributed by atoms with van der Waals surface area (Å²) >= 11 is 0. The van der Waals surface area contributed by atoms with Gasteiger partial charge in [-0.3, -0.25) is 20.2 Å². The van der Waals surface area contributed by atoms with Crippen LogP contribution in [-0.2, 0) is 0 Å². The van der Waals surface area contributed by atoms with Crippen LogP contribution in [0, 0.1) is 20.2 Å². The minimum atomic E-state index is -0.655. The molecule has 0 unspecified atom stereocenters. The number of nitrogens with two attached hydrogens (primary N) is 1. The van der Waals surface area contributed by atoms with E-state index in [0.717, 1.165) is 0 Å². The van der Waals surface area contributed by atoms with Crippen molar-refractivity contribution in [3.8, 4) is 11.6 Å². The fourth-order valence-corrected chi connectivity index (χ4v) is 1.42. The van der Waals surface area contributed by atoms with Gasteiger partial charge in [-0.05, 0) is 12.1 Å². The lowest BCUT2D eigenvalue weighted by Crippen LogP contribution is -1.99. The third kappa shape index (κ3) is 2.77. The maximum Gasteiger partial charge on any atom is 0.311 e. The number of hydrogen-bond donors (Lipinski definition) is 1. The molecule has 0 aliphatic carbocycles. The molecule has 0 amide bonds. The monoisotopic (exact) mass is 276 g/mol. The molecule has 0 aliphatic rings. The molecule has 0 aliphatic heterocycles. The minimum Gasteiger partial charge on any atom is -0.439 e. The van der Waals surface area contributed by atoms with Crippen LogP contribution in [0.5, 0.6) is 11.6 Å². The van der Waals surface area contributed by atoms with Gasteiger partial charge in [0.2, 0.25) is 11.7 Å². The Kier molecular flexibility index (Phi) is 3.42. The number of non-ortho nitro benzene ring substituents is 1. The van der Waals surface area contributed by atoms with Crippen molar-refractivity contribution in [3.05, 3.63) is 56.6 Å². The molecule has 9 nitrogen and oxygen atoms in total. The predicted molar refractivity (Wildman–Crippen MR) is 68.5 cm³/mol. The van der Waals surface area contributed by atoms with Gasteiger partial charge in [0.05, 0.1) is 9.85 Å². The van der Waals surface area contributed by atoms with E-state index in [1.165, 1.54) is 36.4 Å². The molecule has 2 rings (SSSR count). The standard InChI is InChI=1S/C11H8N4O5/c12-11-9(15(18)19)5-6-10(13-11)20-8-3-1-7(2-4-8)14(16)17/h1-6H,(H2,12,13). The zero-order valence-electron chi connectivity index (χ0n) is 9.92. The molecule has 0 spiro atoms. The summed E-state index contributed by atoms with van der Waals surface area (Å²) in [4.78, 5) is 23.6. The SMILES string of the molecule is Nc1nc(Oc2ccc([N+](=O)[O-])cc2)ccc1[N+](=O)[O-]. The summed E-state index contributed by atoms with van der Waals surface area (Å²) in [6.07, 6.45) is 0. The van der Waals surface area contributed by atoms with E-state index in [1.807, 2.05) is 0 Å². The van der Waals surface area contributed by atoms with Gasteiger partial charge in [0, 0.05) is 24.3 Å². The molecule has 1 aromatic carbocycles. The van der Waals surface area contributed by atoms with E-state index < -0.39 is 9.85 Å². The van der Waals surface area contributed by atoms with Gasteiger partial charge in [0.25, 0.3) is 5.69 Å². The number of rotatable bonds is 4. The molecule has 2 aromatic rings. The molecule has 1 heterocycles. The van der Waals surface area contributed by atoms with Crippen LogP contribution < -0.4 is 10.5 Å². The lowest BCUT2D eigenvalue weighted by molar-refractivity contribution is -0.384. The first kappa shape index (κ1) is 13.2. The van der Waals surface area contributed by atoms with E-state index in [0.29, 0.717) is 5.75 Å². The highest BCUT2D eigenvalue weighted by atomic mass is 16.6. The van der Waals surface area contributed by atoms with Crippen LogP contribution in [0.25, 0.3) is 0 Å². The number of ether oxygens (including phenoxy) is 1. The fraction of sp³-hybridized carbons (Fsp3) is 0. The topological polar surface area (TPSA) is 134 Å². The van der Waals surface area contributed by atoms with E-state index in [4.69, 9.17) is 10.5 Å². The molecule has 0 radical (unpaired) electrons. The van der Waals surface area contributed by atoms with Crippen molar-refractivity contribution < 1.29 is 14.6 Å². The van der Waals surface area contributed by atoms with Crippen molar-refractivity contribution in [1.29, 1.82) is 0 Å². The van der Waals surface area contributed by atoms with Crippen LogP contribution in [0.3, 0.4) is 0 Å². The fourth-order valence-electron chi connectivity index (χ4n) is 1.42. The van der Waals surface area contributed by atoms with Gasteiger partial charge in [0.15, 0.2) is 0 Å². The highest BCUT2D eigenvalue weighted by Crippen LogP contribution is 2.26. The first-order valence-electron chi connectivity index (χ1n) is 5.30. The van der Waals surface area contributed by atoms with Crippen molar-refractivity contribution in [3.63, 3.8) is 0 Å². The Morgan fingerprint density at radius 3 is 2.15 bits per heavy atom. The molecule has 102 valence electrons. The summed E-state index contributed by atoms with van der Waals surface area (Å²) in [6.45, 7) is 0. The average Bonchev–Trinajstić information content (AvgIpc) is 2.39. The Labute approximate surface area is 111 Å². The molecule has 0 saturated heterocycles. The van der Waals surface area contributed by atoms with Crippen molar-refractivity contribution in [2.45, 2.75) is 0 Å². The first-order valence-corrected chi connectivity index (χ1v) is 5.30. The second-order valence-corrected chi connectivity index (χ2v) is 3.66. The molecule has 20 heavy (non-hydrogen) atoms. The Hall–Kier alpha value is -3.23. The summed E-state index contributed by atoms with van der Waals surface area (Å²) in [5, 5.41) is 21.1. The normalized spacial score (nSPS) is 10.0. The average molecular weight is 276 g/mol. The van der Waals surface area contributed by atoms with Crippen LogP contribution in [0.15, 0.2) is 36.4 Å². The minimum absolute atomic E-state index is 0.0574. The van der Waals surface area contributed by atoms with E-state index in [-0.39, 0.29) is 23.1 Å². The zero-order valence-corrected chi connectivity index (χ0v) is 9.92. The van der Waals surface area contributed by atoms with Gasteiger partial charge >= 0.3 is 5.69 Å². The quantitative estimate of drug-likeness (QED) is 0.668. The molecule has 0 saturated carbocycles. The van der Waals surface area contributed by atoms with Crippen molar-refractivity contribution >= 4 is 17.2 Å². The van der Waals surface area contributed by atoms with Gasteiger partial charge in [-0.2, -0.15) is 4.98 Å². The predicted octanol–water partition coefficient (Wildman–Crippen LogP) is 2.27. The Balaban J connectivity index is 2.19. The zero-order chi connectivity index (χ0) is 14.7. The largest absolute Gasteiger partial charge is 0.439 e. The van der Waals surface area contributed by atoms with Gasteiger partial charge in [0.1, 0.15) is 5.75 Å². The third-order valence-corrected chi connectivity index (χ3v) is 2.34. The van der Waals surface area contributed by atoms with Crippen molar-refractivity contribution in [2.24, 2.45) is 0 Å². The van der Waals surface area contributed by atoms with Gasteiger partial charge in [-0.15, -0.1) is 0 Å². The molecule has 1 aromatic heterocycles. The second kappa shape index (κ2) is 5.18. The molecule has 2 N–H and O–H groups in total. The number of aromatic nitrogens is 1. The maximum absolute atomic E-state index is 10.6. The molecule has 0 atom stereocenters. The second-order valence-electron chi connectivity index (χ2n) is 3.66. The van der Waals surface area contributed by atoms with E-state index in [9.17, 15) is 20.2 Å². The van der Waals surface area contributed by atoms with Crippen LogP contribution in [0.4, 0.5) is 17.2 Å².